The molecule has 13 heavy (non-hydrogen) atoms. The van der Waals surface area contributed by atoms with Crippen molar-refractivity contribution in [1.82, 2.24) is 4.90 Å². The first-order valence-corrected chi connectivity index (χ1v) is 4.33. The number of carbonyl (C=O) groups excluding carboxylic acids is 1. The number of benzene rings is 1. The van der Waals surface area contributed by atoms with Crippen LogP contribution in [0, 0.1) is 0 Å². The molecule has 3 nitrogen and oxygen atoms in total. The standard InChI is InChI=1S/C10H12N2O/c1-12-7-8-4-2-3-5-9(8)11-6-10(12)13/h2-5,11H,6-7H2,1H3. The summed E-state index contributed by atoms with van der Waals surface area (Å²) < 4.78 is 0. The lowest BCUT2D eigenvalue weighted by molar-refractivity contribution is -0.128. The Morgan fingerprint density at radius 3 is 3.00 bits per heavy atom. The number of likely N-dealkylation sites (N-methyl/N-ethyl adjacent to an activating group) is 1. The lowest BCUT2D eigenvalue weighted by Gasteiger charge is -2.12. The predicted molar refractivity (Wildman–Crippen MR) is 51.4 cm³/mol. The molecule has 0 bridgehead atoms. The Morgan fingerprint density at radius 2 is 2.15 bits per heavy atom. The van der Waals surface area contributed by atoms with Crippen molar-refractivity contribution in [2.45, 2.75) is 6.54 Å². The average molecular weight is 176 g/mol. The molecule has 1 aliphatic heterocycles. The van der Waals surface area contributed by atoms with Crippen molar-refractivity contribution in [3.8, 4) is 0 Å². The van der Waals surface area contributed by atoms with E-state index in [0.29, 0.717) is 13.1 Å². The highest BCUT2D eigenvalue weighted by atomic mass is 16.2. The Kier molecular flexibility index (Phi) is 1.93. The molecule has 0 radical (unpaired) electrons. The van der Waals surface area contributed by atoms with Crippen LogP contribution in [0.15, 0.2) is 24.3 Å². The van der Waals surface area contributed by atoms with Crippen molar-refractivity contribution in [1.29, 1.82) is 0 Å². The lowest BCUT2D eigenvalue weighted by atomic mass is 10.2. The van der Waals surface area contributed by atoms with E-state index in [9.17, 15) is 4.79 Å². The summed E-state index contributed by atoms with van der Waals surface area (Å²) in [6.45, 7) is 1.09. The first kappa shape index (κ1) is 8.10. The number of rotatable bonds is 0. The number of hydrogen-bond acceptors (Lipinski definition) is 2. The Labute approximate surface area is 77.4 Å². The molecule has 0 aromatic heterocycles. The molecule has 2 rings (SSSR count). The van der Waals surface area contributed by atoms with Gasteiger partial charge in [0.05, 0.1) is 6.54 Å². The van der Waals surface area contributed by atoms with Crippen molar-refractivity contribution < 1.29 is 4.79 Å². The topological polar surface area (TPSA) is 32.3 Å². The van der Waals surface area contributed by atoms with E-state index in [0.717, 1.165) is 5.69 Å². The molecule has 3 heteroatoms. The maximum atomic E-state index is 11.3. The molecule has 1 aliphatic rings. The summed E-state index contributed by atoms with van der Waals surface area (Å²) in [5.74, 6) is 0.135. The largest absolute Gasteiger partial charge is 0.376 e. The molecule has 0 atom stereocenters. The van der Waals surface area contributed by atoms with E-state index in [1.54, 1.807) is 4.90 Å². The third-order valence-corrected chi connectivity index (χ3v) is 2.28. The van der Waals surface area contributed by atoms with E-state index in [1.165, 1.54) is 5.56 Å². The van der Waals surface area contributed by atoms with Crippen LogP contribution in [0.1, 0.15) is 5.56 Å². The monoisotopic (exact) mass is 176 g/mol. The number of hydrogen-bond donors (Lipinski definition) is 1. The molecule has 1 heterocycles. The smallest absolute Gasteiger partial charge is 0.241 e. The van der Waals surface area contributed by atoms with Gasteiger partial charge in [0, 0.05) is 19.3 Å². The van der Waals surface area contributed by atoms with Gasteiger partial charge in [0.25, 0.3) is 0 Å². The first-order valence-electron chi connectivity index (χ1n) is 4.33. The molecule has 0 fully saturated rings. The highest BCUT2D eigenvalue weighted by Crippen LogP contribution is 2.18. The first-order chi connectivity index (χ1) is 6.27. The SMILES string of the molecule is CN1Cc2ccccc2NCC1=O. The minimum atomic E-state index is 0.135. The number of nitrogens with one attached hydrogen (secondary N) is 1. The van der Waals surface area contributed by atoms with Crippen LogP contribution in [0.4, 0.5) is 5.69 Å². The van der Waals surface area contributed by atoms with Crippen LogP contribution >= 0.6 is 0 Å². The van der Waals surface area contributed by atoms with Gasteiger partial charge in [-0.15, -0.1) is 0 Å². The quantitative estimate of drug-likeness (QED) is 0.641. The van der Waals surface area contributed by atoms with Crippen molar-refractivity contribution >= 4 is 11.6 Å². The highest BCUT2D eigenvalue weighted by molar-refractivity contribution is 5.82. The second-order valence-electron chi connectivity index (χ2n) is 3.26. The third-order valence-electron chi connectivity index (χ3n) is 2.28. The van der Waals surface area contributed by atoms with Crippen LogP contribution in [-0.2, 0) is 11.3 Å². The van der Waals surface area contributed by atoms with Gasteiger partial charge in [-0.05, 0) is 11.6 Å². The molecule has 1 N–H and O–H groups in total. The predicted octanol–water partition coefficient (Wildman–Crippen LogP) is 1.07. The van der Waals surface area contributed by atoms with Gasteiger partial charge in [-0.1, -0.05) is 18.2 Å². The van der Waals surface area contributed by atoms with Crippen molar-refractivity contribution in [2.75, 3.05) is 18.9 Å². The molecule has 1 aromatic rings. The van der Waals surface area contributed by atoms with Gasteiger partial charge >= 0.3 is 0 Å². The summed E-state index contributed by atoms with van der Waals surface area (Å²) in [6.07, 6.45) is 0. The molecule has 0 saturated heterocycles. The zero-order chi connectivity index (χ0) is 9.26. The maximum absolute atomic E-state index is 11.3. The summed E-state index contributed by atoms with van der Waals surface area (Å²) >= 11 is 0. The lowest BCUT2D eigenvalue weighted by Crippen LogP contribution is -2.28. The van der Waals surface area contributed by atoms with Gasteiger partial charge in [0.2, 0.25) is 5.91 Å². The van der Waals surface area contributed by atoms with E-state index < -0.39 is 0 Å². The number of para-hydroxylation sites is 1. The molecule has 0 unspecified atom stereocenters. The van der Waals surface area contributed by atoms with Crippen LogP contribution in [0.3, 0.4) is 0 Å². The number of amides is 1. The van der Waals surface area contributed by atoms with Gasteiger partial charge in [0.15, 0.2) is 0 Å². The number of fused-ring (bicyclic) bond motifs is 1. The van der Waals surface area contributed by atoms with E-state index in [-0.39, 0.29) is 5.91 Å². The molecule has 0 aliphatic carbocycles. The molecule has 1 amide bonds. The summed E-state index contributed by atoms with van der Waals surface area (Å²) in [7, 11) is 1.83. The number of carbonyl (C=O) groups is 1. The van der Waals surface area contributed by atoms with Gasteiger partial charge in [0.1, 0.15) is 0 Å². The minimum Gasteiger partial charge on any atom is -0.376 e. The normalized spacial score (nSPS) is 16.1. The van der Waals surface area contributed by atoms with Gasteiger partial charge < -0.3 is 10.2 Å². The molecule has 0 spiro atoms. The molecule has 68 valence electrons. The summed E-state index contributed by atoms with van der Waals surface area (Å²) in [4.78, 5) is 13.1. The fraction of sp³-hybridized carbons (Fsp3) is 0.300. The second-order valence-corrected chi connectivity index (χ2v) is 3.26. The number of nitrogens with zero attached hydrogens (tertiary/aromatic N) is 1. The average Bonchev–Trinajstić information content (AvgIpc) is 2.28. The van der Waals surface area contributed by atoms with Crippen molar-refractivity contribution in [3.05, 3.63) is 29.8 Å². The minimum absolute atomic E-state index is 0.135. The zero-order valence-electron chi connectivity index (χ0n) is 7.58. The van der Waals surface area contributed by atoms with E-state index in [4.69, 9.17) is 0 Å². The molecule has 1 aromatic carbocycles. The van der Waals surface area contributed by atoms with Crippen molar-refractivity contribution in [2.24, 2.45) is 0 Å². The summed E-state index contributed by atoms with van der Waals surface area (Å²) in [5, 5.41) is 3.11. The fourth-order valence-corrected chi connectivity index (χ4v) is 1.48. The Hall–Kier alpha value is -1.51. The van der Waals surface area contributed by atoms with E-state index >= 15 is 0 Å². The number of anilines is 1. The molecule has 0 saturated carbocycles. The Bertz CT molecular complexity index is 335. The molecular formula is C10H12N2O. The summed E-state index contributed by atoms with van der Waals surface area (Å²) in [5.41, 5.74) is 2.25. The highest BCUT2D eigenvalue weighted by Gasteiger charge is 2.15. The van der Waals surface area contributed by atoms with Crippen LogP contribution in [0.25, 0.3) is 0 Å². The van der Waals surface area contributed by atoms with E-state index in [1.807, 2.05) is 31.3 Å². The van der Waals surface area contributed by atoms with Crippen LogP contribution in [0.2, 0.25) is 0 Å². The van der Waals surface area contributed by atoms with Gasteiger partial charge in [-0.2, -0.15) is 0 Å². The second kappa shape index (κ2) is 3.09. The third kappa shape index (κ3) is 1.49. The Morgan fingerprint density at radius 1 is 1.38 bits per heavy atom. The van der Waals surface area contributed by atoms with Gasteiger partial charge in [-0.3, -0.25) is 4.79 Å². The van der Waals surface area contributed by atoms with Crippen LogP contribution in [-0.4, -0.2) is 24.4 Å². The fourth-order valence-electron chi connectivity index (χ4n) is 1.48. The maximum Gasteiger partial charge on any atom is 0.241 e. The van der Waals surface area contributed by atoms with Crippen LogP contribution in [0.5, 0.6) is 0 Å². The van der Waals surface area contributed by atoms with Crippen LogP contribution < -0.4 is 5.32 Å². The zero-order valence-corrected chi connectivity index (χ0v) is 7.58. The Balaban J connectivity index is 2.35. The van der Waals surface area contributed by atoms with Gasteiger partial charge in [-0.25, -0.2) is 0 Å². The van der Waals surface area contributed by atoms with E-state index in [2.05, 4.69) is 5.32 Å². The summed E-state index contributed by atoms with van der Waals surface area (Å²) in [6, 6.07) is 8.00. The van der Waals surface area contributed by atoms with Crippen molar-refractivity contribution in [3.63, 3.8) is 0 Å². The molecular weight excluding hydrogens is 164 g/mol.